The molecule has 3 aromatic rings. The molecule has 0 aliphatic heterocycles. The highest BCUT2D eigenvalue weighted by Gasteiger charge is 2.12. The molecule has 108 valence electrons. The molecule has 0 saturated heterocycles. The maximum absolute atomic E-state index is 12.1. The van der Waals surface area contributed by atoms with Crippen LogP contribution in [0.1, 0.15) is 17.4 Å². The molecule has 1 amide bonds. The highest BCUT2D eigenvalue weighted by atomic mass is 32.2. The van der Waals surface area contributed by atoms with E-state index in [9.17, 15) is 4.79 Å². The molecule has 0 atom stereocenters. The van der Waals surface area contributed by atoms with E-state index < -0.39 is 0 Å². The molecule has 0 aliphatic carbocycles. The van der Waals surface area contributed by atoms with E-state index in [0.717, 1.165) is 16.8 Å². The Labute approximate surface area is 130 Å². The molecule has 0 bridgehead atoms. The van der Waals surface area contributed by atoms with Gasteiger partial charge in [0.25, 0.3) is 5.91 Å². The van der Waals surface area contributed by atoms with Crippen LogP contribution < -0.4 is 5.32 Å². The third-order valence-electron chi connectivity index (χ3n) is 3.01. The molecular weight excluding hydrogens is 304 g/mol. The number of thioether (sulfide) groups is 1. The SMILES string of the molecule is CCn1ccc(C(=O)Nc2nc3ccc(SC)cc3s2)n1. The lowest BCUT2D eigenvalue weighted by molar-refractivity contribution is 0.102. The van der Waals surface area contributed by atoms with Gasteiger partial charge in [-0.15, -0.1) is 11.8 Å². The van der Waals surface area contributed by atoms with Crippen LogP contribution in [0.5, 0.6) is 0 Å². The van der Waals surface area contributed by atoms with Crippen LogP contribution in [0, 0.1) is 0 Å². The zero-order valence-electron chi connectivity index (χ0n) is 11.7. The standard InChI is InChI=1S/C14H14N4OS2/c1-3-18-7-6-11(17-18)13(19)16-14-15-10-5-4-9(20-2)8-12(10)21-14/h4-8H,3H2,1-2H3,(H,15,16,19). The Bertz CT molecular complexity index is 793. The fraction of sp³-hybridized carbons (Fsp3) is 0.214. The number of aromatic nitrogens is 3. The van der Waals surface area contributed by atoms with Crippen LogP contribution >= 0.6 is 23.1 Å². The van der Waals surface area contributed by atoms with E-state index in [4.69, 9.17) is 0 Å². The first-order chi connectivity index (χ1) is 10.2. The molecule has 0 aliphatic rings. The summed E-state index contributed by atoms with van der Waals surface area (Å²) in [7, 11) is 0. The predicted molar refractivity (Wildman–Crippen MR) is 87.3 cm³/mol. The van der Waals surface area contributed by atoms with E-state index in [-0.39, 0.29) is 5.91 Å². The number of anilines is 1. The number of hydrogen-bond acceptors (Lipinski definition) is 5. The normalized spacial score (nSPS) is 11.0. The van der Waals surface area contributed by atoms with Gasteiger partial charge in [0, 0.05) is 17.6 Å². The average Bonchev–Trinajstić information content (AvgIpc) is 3.12. The van der Waals surface area contributed by atoms with Gasteiger partial charge in [-0.1, -0.05) is 11.3 Å². The van der Waals surface area contributed by atoms with E-state index in [1.165, 1.54) is 16.2 Å². The van der Waals surface area contributed by atoms with Crippen LogP contribution in [0.4, 0.5) is 5.13 Å². The molecule has 1 aromatic carbocycles. The quantitative estimate of drug-likeness (QED) is 0.748. The third kappa shape index (κ3) is 2.93. The molecule has 3 rings (SSSR count). The summed E-state index contributed by atoms with van der Waals surface area (Å²) >= 11 is 3.16. The summed E-state index contributed by atoms with van der Waals surface area (Å²) in [5.41, 5.74) is 1.30. The summed E-state index contributed by atoms with van der Waals surface area (Å²) in [4.78, 5) is 17.7. The molecule has 2 aromatic heterocycles. The van der Waals surface area contributed by atoms with Crippen LogP contribution in [-0.4, -0.2) is 26.9 Å². The minimum absolute atomic E-state index is 0.230. The summed E-state index contributed by atoms with van der Waals surface area (Å²) in [5.74, 6) is -0.230. The first-order valence-corrected chi connectivity index (χ1v) is 8.53. The topological polar surface area (TPSA) is 59.8 Å². The van der Waals surface area contributed by atoms with Gasteiger partial charge in [-0.25, -0.2) is 4.98 Å². The largest absolute Gasteiger partial charge is 0.296 e. The van der Waals surface area contributed by atoms with Crippen LogP contribution in [0.15, 0.2) is 35.4 Å². The summed E-state index contributed by atoms with van der Waals surface area (Å²) in [6.07, 6.45) is 3.83. The van der Waals surface area contributed by atoms with Crippen molar-refractivity contribution in [2.45, 2.75) is 18.4 Å². The third-order valence-corrected chi connectivity index (χ3v) is 4.67. The van der Waals surface area contributed by atoms with Gasteiger partial charge in [0.1, 0.15) is 0 Å². The van der Waals surface area contributed by atoms with Crippen molar-refractivity contribution < 1.29 is 4.79 Å². The van der Waals surface area contributed by atoms with Gasteiger partial charge in [0.2, 0.25) is 0 Å². The number of rotatable bonds is 4. The van der Waals surface area contributed by atoms with Crippen molar-refractivity contribution in [2.75, 3.05) is 11.6 Å². The van der Waals surface area contributed by atoms with Crippen molar-refractivity contribution in [3.63, 3.8) is 0 Å². The molecule has 0 fully saturated rings. The average molecular weight is 318 g/mol. The van der Waals surface area contributed by atoms with Gasteiger partial charge in [0.15, 0.2) is 10.8 Å². The fourth-order valence-electron chi connectivity index (χ4n) is 1.91. The zero-order valence-corrected chi connectivity index (χ0v) is 13.3. The number of hydrogen-bond donors (Lipinski definition) is 1. The van der Waals surface area contributed by atoms with Gasteiger partial charge in [-0.3, -0.25) is 14.8 Å². The van der Waals surface area contributed by atoms with Gasteiger partial charge >= 0.3 is 0 Å². The molecule has 0 spiro atoms. The summed E-state index contributed by atoms with van der Waals surface area (Å²) in [6.45, 7) is 2.72. The van der Waals surface area contributed by atoms with Crippen molar-refractivity contribution in [1.82, 2.24) is 14.8 Å². The lowest BCUT2D eigenvalue weighted by Gasteiger charge is -1.97. The smallest absolute Gasteiger partial charge is 0.277 e. The molecule has 0 saturated carbocycles. The van der Waals surface area contributed by atoms with E-state index in [1.807, 2.05) is 25.3 Å². The minimum atomic E-state index is -0.230. The second-order valence-electron chi connectivity index (χ2n) is 4.36. The number of fused-ring (bicyclic) bond motifs is 1. The number of nitrogens with zero attached hydrogens (tertiary/aromatic N) is 3. The summed E-state index contributed by atoms with van der Waals surface area (Å²) < 4.78 is 2.79. The molecule has 1 N–H and O–H groups in total. The number of thiazole rings is 1. The Balaban J connectivity index is 1.82. The molecule has 0 unspecified atom stereocenters. The van der Waals surface area contributed by atoms with Crippen LogP contribution in [0.3, 0.4) is 0 Å². The molecule has 0 radical (unpaired) electrons. The maximum atomic E-state index is 12.1. The molecule has 21 heavy (non-hydrogen) atoms. The van der Waals surface area contributed by atoms with Gasteiger partial charge in [0.05, 0.1) is 10.2 Å². The van der Waals surface area contributed by atoms with Gasteiger partial charge in [-0.2, -0.15) is 5.10 Å². The Morgan fingerprint density at radius 2 is 2.29 bits per heavy atom. The summed E-state index contributed by atoms with van der Waals surface area (Å²) in [5, 5.41) is 7.59. The molecule has 2 heterocycles. The van der Waals surface area contributed by atoms with E-state index in [0.29, 0.717) is 10.8 Å². The van der Waals surface area contributed by atoms with E-state index in [1.54, 1.807) is 28.7 Å². The highest BCUT2D eigenvalue weighted by Crippen LogP contribution is 2.29. The molecular formula is C14H14N4OS2. The van der Waals surface area contributed by atoms with Gasteiger partial charge in [-0.05, 0) is 37.4 Å². The lowest BCUT2D eigenvalue weighted by Crippen LogP contribution is -2.13. The number of carbonyl (C=O) groups excluding carboxylic acids is 1. The number of benzene rings is 1. The van der Waals surface area contributed by atoms with Crippen LogP contribution in [0.25, 0.3) is 10.2 Å². The Morgan fingerprint density at radius 1 is 1.43 bits per heavy atom. The Morgan fingerprint density at radius 3 is 3.00 bits per heavy atom. The van der Waals surface area contributed by atoms with Crippen molar-refractivity contribution in [3.8, 4) is 0 Å². The Kier molecular flexibility index (Phi) is 3.94. The van der Waals surface area contributed by atoms with Crippen molar-refractivity contribution >= 4 is 44.4 Å². The number of amides is 1. The monoisotopic (exact) mass is 318 g/mol. The predicted octanol–water partition coefficient (Wildman–Crippen LogP) is 3.49. The molecule has 7 heteroatoms. The van der Waals surface area contributed by atoms with Crippen LogP contribution in [-0.2, 0) is 6.54 Å². The number of nitrogens with one attached hydrogen (secondary N) is 1. The van der Waals surface area contributed by atoms with Crippen molar-refractivity contribution in [2.24, 2.45) is 0 Å². The number of aryl methyl sites for hydroxylation is 1. The minimum Gasteiger partial charge on any atom is -0.296 e. The second-order valence-corrected chi connectivity index (χ2v) is 6.27. The van der Waals surface area contributed by atoms with E-state index >= 15 is 0 Å². The zero-order chi connectivity index (χ0) is 14.8. The maximum Gasteiger partial charge on any atom is 0.277 e. The highest BCUT2D eigenvalue weighted by molar-refractivity contribution is 7.98. The second kappa shape index (κ2) is 5.87. The van der Waals surface area contributed by atoms with Crippen molar-refractivity contribution in [1.29, 1.82) is 0 Å². The van der Waals surface area contributed by atoms with E-state index in [2.05, 4.69) is 21.5 Å². The van der Waals surface area contributed by atoms with Gasteiger partial charge < -0.3 is 0 Å². The number of carbonyl (C=O) groups is 1. The summed E-state index contributed by atoms with van der Waals surface area (Å²) in [6, 6.07) is 7.79. The van der Waals surface area contributed by atoms with Crippen molar-refractivity contribution in [3.05, 3.63) is 36.2 Å². The Hall–Kier alpha value is -1.86. The fourth-order valence-corrected chi connectivity index (χ4v) is 3.32. The van der Waals surface area contributed by atoms with Crippen LogP contribution in [0.2, 0.25) is 0 Å². The first kappa shape index (κ1) is 14.1. The first-order valence-electron chi connectivity index (χ1n) is 6.49. The lowest BCUT2D eigenvalue weighted by atomic mass is 10.3. The molecule has 5 nitrogen and oxygen atoms in total.